The van der Waals surface area contributed by atoms with Crippen molar-refractivity contribution in [2.75, 3.05) is 26.5 Å². The van der Waals surface area contributed by atoms with Crippen molar-refractivity contribution in [3.8, 4) is 5.75 Å². The lowest BCUT2D eigenvalue weighted by molar-refractivity contribution is 0.381. The van der Waals surface area contributed by atoms with E-state index in [0.29, 0.717) is 5.92 Å². The second kappa shape index (κ2) is 5.74. The maximum absolute atomic E-state index is 13.6. The topological polar surface area (TPSA) is 21.3 Å². The highest BCUT2D eigenvalue weighted by Gasteiger charge is 2.21. The quantitative estimate of drug-likeness (QED) is 0.839. The second-order valence-electron chi connectivity index (χ2n) is 4.27. The second-order valence-corrected chi connectivity index (χ2v) is 5.12. The molecule has 1 aromatic rings. The van der Waals surface area contributed by atoms with E-state index in [0.717, 1.165) is 42.1 Å². The standard InChI is InChI=1S/C13H18FNOS/c1-16-13-11(9-4-3-5-15-8-9)6-10(14)7-12(13)17-2/h6-7,9,15H,3-5,8H2,1-2H3. The van der Waals surface area contributed by atoms with Crippen molar-refractivity contribution in [3.63, 3.8) is 0 Å². The summed E-state index contributed by atoms with van der Waals surface area (Å²) in [6, 6.07) is 3.17. The summed E-state index contributed by atoms with van der Waals surface area (Å²) in [5.74, 6) is 1.03. The van der Waals surface area contributed by atoms with Gasteiger partial charge in [0.1, 0.15) is 11.6 Å². The molecule has 1 aliphatic heterocycles. The molecule has 1 N–H and O–H groups in total. The molecule has 0 amide bonds. The normalized spacial score (nSPS) is 20.3. The molecule has 1 unspecified atom stereocenters. The summed E-state index contributed by atoms with van der Waals surface area (Å²) < 4.78 is 19.1. The largest absolute Gasteiger partial charge is 0.495 e. The van der Waals surface area contributed by atoms with E-state index in [4.69, 9.17) is 4.74 Å². The molecule has 1 fully saturated rings. The number of halogens is 1. The van der Waals surface area contributed by atoms with Crippen LogP contribution in [0, 0.1) is 5.82 Å². The lowest BCUT2D eigenvalue weighted by Gasteiger charge is -2.25. The van der Waals surface area contributed by atoms with Gasteiger partial charge in [-0.1, -0.05) is 0 Å². The Labute approximate surface area is 106 Å². The van der Waals surface area contributed by atoms with Gasteiger partial charge in [-0.2, -0.15) is 0 Å². The number of benzene rings is 1. The van der Waals surface area contributed by atoms with Gasteiger partial charge < -0.3 is 10.1 Å². The fraction of sp³-hybridized carbons (Fsp3) is 0.538. The molecule has 1 atom stereocenters. The highest BCUT2D eigenvalue weighted by Crippen LogP contribution is 2.38. The average molecular weight is 255 g/mol. The molecule has 17 heavy (non-hydrogen) atoms. The lowest BCUT2D eigenvalue weighted by Crippen LogP contribution is -2.28. The third-order valence-electron chi connectivity index (χ3n) is 3.21. The Morgan fingerprint density at radius 2 is 2.29 bits per heavy atom. The van der Waals surface area contributed by atoms with E-state index in [2.05, 4.69) is 5.32 Å². The number of hydrogen-bond donors (Lipinski definition) is 1. The highest BCUT2D eigenvalue weighted by molar-refractivity contribution is 7.98. The van der Waals surface area contributed by atoms with E-state index in [1.807, 2.05) is 6.26 Å². The maximum Gasteiger partial charge on any atom is 0.136 e. The van der Waals surface area contributed by atoms with Crippen LogP contribution >= 0.6 is 11.8 Å². The summed E-state index contributed by atoms with van der Waals surface area (Å²) >= 11 is 1.53. The third kappa shape index (κ3) is 2.75. The van der Waals surface area contributed by atoms with Gasteiger partial charge in [0.15, 0.2) is 0 Å². The minimum atomic E-state index is -0.171. The smallest absolute Gasteiger partial charge is 0.136 e. The van der Waals surface area contributed by atoms with Crippen LogP contribution in [0.25, 0.3) is 0 Å². The van der Waals surface area contributed by atoms with Crippen LogP contribution in [0.4, 0.5) is 4.39 Å². The predicted molar refractivity (Wildman–Crippen MR) is 69.6 cm³/mol. The zero-order valence-corrected chi connectivity index (χ0v) is 11.1. The number of methoxy groups -OCH3 is 1. The molecule has 1 saturated heterocycles. The van der Waals surface area contributed by atoms with Crippen molar-refractivity contribution >= 4 is 11.8 Å². The Balaban J connectivity index is 2.39. The van der Waals surface area contributed by atoms with Crippen LogP contribution in [0.2, 0.25) is 0 Å². The van der Waals surface area contributed by atoms with Gasteiger partial charge in [0.25, 0.3) is 0 Å². The van der Waals surface area contributed by atoms with Crippen LogP contribution in [0.5, 0.6) is 5.75 Å². The summed E-state index contributed by atoms with van der Waals surface area (Å²) in [5.41, 5.74) is 1.00. The first-order valence-corrected chi connectivity index (χ1v) is 7.11. The fourth-order valence-corrected chi connectivity index (χ4v) is 3.00. The Morgan fingerprint density at radius 1 is 1.47 bits per heavy atom. The summed E-state index contributed by atoms with van der Waals surface area (Å²) in [4.78, 5) is 0.882. The third-order valence-corrected chi connectivity index (χ3v) is 3.95. The minimum Gasteiger partial charge on any atom is -0.495 e. The number of thioether (sulfide) groups is 1. The zero-order chi connectivity index (χ0) is 12.3. The van der Waals surface area contributed by atoms with Gasteiger partial charge in [0, 0.05) is 18.0 Å². The van der Waals surface area contributed by atoms with Crippen LogP contribution in [0.15, 0.2) is 17.0 Å². The Morgan fingerprint density at radius 3 is 2.88 bits per heavy atom. The summed E-state index contributed by atoms with van der Waals surface area (Å²) in [6.45, 7) is 1.97. The van der Waals surface area contributed by atoms with Crippen LogP contribution < -0.4 is 10.1 Å². The first-order chi connectivity index (χ1) is 8.26. The van der Waals surface area contributed by atoms with Gasteiger partial charge >= 0.3 is 0 Å². The average Bonchev–Trinajstić information content (AvgIpc) is 2.38. The van der Waals surface area contributed by atoms with Gasteiger partial charge in [0.2, 0.25) is 0 Å². The molecular weight excluding hydrogens is 237 g/mol. The number of piperidine rings is 1. The molecule has 1 aliphatic rings. The van der Waals surface area contributed by atoms with E-state index in [-0.39, 0.29) is 5.82 Å². The molecule has 4 heteroatoms. The first-order valence-electron chi connectivity index (χ1n) is 5.88. The molecule has 0 radical (unpaired) electrons. The van der Waals surface area contributed by atoms with Crippen molar-refractivity contribution in [2.24, 2.45) is 0 Å². The molecule has 0 spiro atoms. The summed E-state index contributed by atoms with van der Waals surface area (Å²) in [7, 11) is 1.66. The van der Waals surface area contributed by atoms with Gasteiger partial charge in [-0.05, 0) is 37.8 Å². The van der Waals surface area contributed by atoms with Crippen LogP contribution in [-0.2, 0) is 0 Å². The van der Waals surface area contributed by atoms with Gasteiger partial charge in [-0.25, -0.2) is 4.39 Å². The summed E-state index contributed by atoms with van der Waals surface area (Å²) in [5, 5.41) is 3.36. The van der Waals surface area contributed by atoms with Gasteiger partial charge in [-0.3, -0.25) is 0 Å². The van der Waals surface area contributed by atoms with Crippen molar-refractivity contribution in [1.82, 2.24) is 5.32 Å². The molecule has 0 aromatic heterocycles. The fourth-order valence-electron chi connectivity index (χ4n) is 2.38. The number of rotatable bonds is 3. The Bertz CT molecular complexity index is 391. The highest BCUT2D eigenvalue weighted by atomic mass is 32.2. The van der Waals surface area contributed by atoms with Crippen LogP contribution in [0.3, 0.4) is 0 Å². The molecule has 2 rings (SSSR count). The maximum atomic E-state index is 13.6. The lowest BCUT2D eigenvalue weighted by atomic mass is 9.91. The van der Waals surface area contributed by atoms with Crippen molar-refractivity contribution in [1.29, 1.82) is 0 Å². The molecule has 1 aromatic carbocycles. The van der Waals surface area contributed by atoms with E-state index in [1.54, 1.807) is 19.2 Å². The molecule has 0 bridgehead atoms. The minimum absolute atomic E-state index is 0.171. The van der Waals surface area contributed by atoms with E-state index in [1.165, 1.54) is 11.8 Å². The zero-order valence-electron chi connectivity index (χ0n) is 10.3. The molecule has 2 nitrogen and oxygen atoms in total. The predicted octanol–water partition coefficient (Wildman–Crippen LogP) is 3.02. The number of hydrogen-bond acceptors (Lipinski definition) is 3. The first kappa shape index (κ1) is 12.7. The van der Waals surface area contributed by atoms with Gasteiger partial charge in [0.05, 0.1) is 12.0 Å². The van der Waals surface area contributed by atoms with E-state index in [9.17, 15) is 4.39 Å². The van der Waals surface area contributed by atoms with Crippen LogP contribution in [0.1, 0.15) is 24.3 Å². The molecule has 0 saturated carbocycles. The van der Waals surface area contributed by atoms with Crippen molar-refractivity contribution in [3.05, 3.63) is 23.5 Å². The molecule has 94 valence electrons. The van der Waals surface area contributed by atoms with Crippen molar-refractivity contribution in [2.45, 2.75) is 23.7 Å². The molecule has 1 heterocycles. The monoisotopic (exact) mass is 255 g/mol. The van der Waals surface area contributed by atoms with E-state index < -0.39 is 0 Å². The SMILES string of the molecule is COc1c(SC)cc(F)cc1C1CCCNC1. The van der Waals surface area contributed by atoms with Crippen molar-refractivity contribution < 1.29 is 9.13 Å². The van der Waals surface area contributed by atoms with Gasteiger partial charge in [-0.15, -0.1) is 11.8 Å². The molecular formula is C13H18FNOS. The number of ether oxygens (including phenoxy) is 1. The van der Waals surface area contributed by atoms with Crippen LogP contribution in [-0.4, -0.2) is 26.5 Å². The Kier molecular flexibility index (Phi) is 4.29. The van der Waals surface area contributed by atoms with E-state index >= 15 is 0 Å². The Hall–Kier alpha value is -0.740. The molecule has 0 aliphatic carbocycles. The number of nitrogens with one attached hydrogen (secondary N) is 1. The summed E-state index contributed by atoms with van der Waals surface area (Å²) in [6.07, 6.45) is 4.18.